The number of rotatable bonds is 5. The zero-order valence-corrected chi connectivity index (χ0v) is 13.2. The third kappa shape index (κ3) is 3.47. The van der Waals surface area contributed by atoms with Crippen molar-refractivity contribution in [2.45, 2.75) is 39.3 Å². The molecule has 0 spiro atoms. The van der Waals surface area contributed by atoms with Crippen LogP contribution in [0, 0.1) is 5.41 Å². The van der Waals surface area contributed by atoms with Crippen molar-refractivity contribution in [2.24, 2.45) is 5.41 Å². The Morgan fingerprint density at radius 1 is 1.29 bits per heavy atom. The number of anilines is 2. The van der Waals surface area contributed by atoms with Gasteiger partial charge in [0.2, 0.25) is 0 Å². The first-order chi connectivity index (χ1) is 9.97. The summed E-state index contributed by atoms with van der Waals surface area (Å²) in [5.74, 6) is 0. The second-order valence-electron chi connectivity index (χ2n) is 5.98. The lowest BCUT2D eigenvalue weighted by molar-refractivity contribution is -0.0975. The van der Waals surface area contributed by atoms with E-state index in [2.05, 4.69) is 29.8 Å². The third-order valence-electron chi connectivity index (χ3n) is 4.26. The van der Waals surface area contributed by atoms with Gasteiger partial charge in [-0.3, -0.25) is 0 Å². The van der Waals surface area contributed by atoms with Crippen molar-refractivity contribution in [2.75, 3.05) is 24.3 Å². The Balaban J connectivity index is 1.91. The molecular weight excluding hydrogens is 266 g/mol. The molecule has 0 bridgehead atoms. The van der Waals surface area contributed by atoms with E-state index in [4.69, 9.17) is 4.74 Å². The third-order valence-corrected chi connectivity index (χ3v) is 4.26. The maximum absolute atomic E-state index is 11.2. The molecule has 1 aromatic carbocycles. The Kier molecular flexibility index (Phi) is 4.73. The summed E-state index contributed by atoms with van der Waals surface area (Å²) in [6, 6.07) is 7.94. The molecule has 1 aromatic rings. The summed E-state index contributed by atoms with van der Waals surface area (Å²) in [5.41, 5.74) is 1.97. The van der Waals surface area contributed by atoms with Crippen LogP contribution in [0.2, 0.25) is 0 Å². The molecule has 21 heavy (non-hydrogen) atoms. The van der Waals surface area contributed by atoms with Crippen LogP contribution < -0.4 is 16.0 Å². The van der Waals surface area contributed by atoms with Gasteiger partial charge >= 0.3 is 6.03 Å². The van der Waals surface area contributed by atoms with Gasteiger partial charge in [0.25, 0.3) is 0 Å². The minimum absolute atomic E-state index is 0.134. The van der Waals surface area contributed by atoms with Crippen molar-refractivity contribution in [3.63, 3.8) is 0 Å². The molecule has 1 aliphatic carbocycles. The Bertz CT molecular complexity index is 485. The Hall–Kier alpha value is -1.75. The van der Waals surface area contributed by atoms with Crippen molar-refractivity contribution in [1.82, 2.24) is 5.32 Å². The van der Waals surface area contributed by atoms with Gasteiger partial charge in [-0.15, -0.1) is 0 Å². The lowest BCUT2D eigenvalue weighted by Gasteiger charge is -2.52. The molecular formula is C16H25N3O2. The van der Waals surface area contributed by atoms with Crippen molar-refractivity contribution < 1.29 is 9.53 Å². The van der Waals surface area contributed by atoms with E-state index in [1.165, 1.54) is 0 Å². The highest BCUT2D eigenvalue weighted by atomic mass is 16.5. The lowest BCUT2D eigenvalue weighted by Crippen LogP contribution is -2.58. The largest absolute Gasteiger partial charge is 0.382 e. The fourth-order valence-electron chi connectivity index (χ4n) is 2.66. The van der Waals surface area contributed by atoms with Crippen LogP contribution in [-0.4, -0.2) is 31.8 Å². The molecule has 5 nitrogen and oxygen atoms in total. The van der Waals surface area contributed by atoms with Crippen LogP contribution in [0.5, 0.6) is 0 Å². The first-order valence-corrected chi connectivity index (χ1v) is 7.44. The number of carbonyl (C=O) groups is 1. The summed E-state index contributed by atoms with van der Waals surface area (Å²) >= 11 is 0. The minimum atomic E-state index is -0.213. The first-order valence-electron chi connectivity index (χ1n) is 7.44. The SMILES string of the molecule is CCOC1CC(Nc2ccc(NC(=O)NC)cc2)C1(C)C. The van der Waals surface area contributed by atoms with E-state index in [-0.39, 0.29) is 11.4 Å². The predicted octanol–water partition coefficient (Wildman–Crippen LogP) is 3.05. The van der Waals surface area contributed by atoms with E-state index >= 15 is 0 Å². The van der Waals surface area contributed by atoms with Crippen LogP contribution in [0.3, 0.4) is 0 Å². The molecule has 0 radical (unpaired) electrons. The van der Waals surface area contributed by atoms with Crippen LogP contribution in [0.4, 0.5) is 16.2 Å². The molecule has 116 valence electrons. The van der Waals surface area contributed by atoms with Gasteiger partial charge < -0.3 is 20.7 Å². The molecule has 1 aliphatic rings. The Morgan fingerprint density at radius 3 is 2.43 bits per heavy atom. The number of nitrogens with one attached hydrogen (secondary N) is 3. The average molecular weight is 291 g/mol. The van der Waals surface area contributed by atoms with Crippen molar-refractivity contribution in [3.05, 3.63) is 24.3 Å². The number of ether oxygens (including phenoxy) is 1. The number of amides is 2. The second-order valence-corrected chi connectivity index (χ2v) is 5.98. The molecule has 5 heteroatoms. The van der Waals surface area contributed by atoms with Gasteiger partial charge in [-0.1, -0.05) is 13.8 Å². The lowest BCUT2D eigenvalue weighted by atomic mass is 9.64. The van der Waals surface area contributed by atoms with Crippen LogP contribution in [-0.2, 0) is 4.74 Å². The van der Waals surface area contributed by atoms with E-state index in [1.807, 2.05) is 31.2 Å². The van der Waals surface area contributed by atoms with E-state index < -0.39 is 0 Å². The molecule has 0 aromatic heterocycles. The van der Waals surface area contributed by atoms with Gasteiger partial charge in [0, 0.05) is 36.5 Å². The van der Waals surface area contributed by atoms with E-state index in [1.54, 1.807) is 7.05 Å². The van der Waals surface area contributed by atoms with Crippen LogP contribution in [0.1, 0.15) is 27.2 Å². The molecule has 3 N–H and O–H groups in total. The van der Waals surface area contributed by atoms with E-state index in [9.17, 15) is 4.79 Å². The van der Waals surface area contributed by atoms with E-state index in [0.29, 0.717) is 12.1 Å². The number of urea groups is 1. The zero-order chi connectivity index (χ0) is 15.5. The van der Waals surface area contributed by atoms with Crippen molar-refractivity contribution >= 4 is 17.4 Å². The summed E-state index contributed by atoms with van der Waals surface area (Å²) in [6.45, 7) is 7.27. The monoisotopic (exact) mass is 291 g/mol. The number of carbonyl (C=O) groups excluding carboxylic acids is 1. The average Bonchev–Trinajstić information content (AvgIpc) is 2.48. The highest BCUT2D eigenvalue weighted by Crippen LogP contribution is 2.44. The van der Waals surface area contributed by atoms with Gasteiger partial charge in [0.05, 0.1) is 6.10 Å². The molecule has 2 rings (SSSR count). The van der Waals surface area contributed by atoms with Gasteiger partial charge in [0.1, 0.15) is 0 Å². The molecule has 0 saturated heterocycles. The summed E-state index contributed by atoms with van der Waals surface area (Å²) in [4.78, 5) is 11.2. The van der Waals surface area contributed by atoms with Crippen molar-refractivity contribution in [1.29, 1.82) is 0 Å². The quantitative estimate of drug-likeness (QED) is 0.781. The van der Waals surface area contributed by atoms with Gasteiger partial charge in [-0.05, 0) is 37.6 Å². The van der Waals surface area contributed by atoms with Gasteiger partial charge in [0.15, 0.2) is 0 Å². The van der Waals surface area contributed by atoms with Crippen LogP contribution >= 0.6 is 0 Å². The molecule has 0 heterocycles. The Morgan fingerprint density at radius 2 is 1.90 bits per heavy atom. The number of hydrogen-bond acceptors (Lipinski definition) is 3. The maximum Gasteiger partial charge on any atom is 0.318 e. The van der Waals surface area contributed by atoms with Crippen molar-refractivity contribution in [3.8, 4) is 0 Å². The molecule has 2 unspecified atom stereocenters. The zero-order valence-electron chi connectivity index (χ0n) is 13.2. The smallest absolute Gasteiger partial charge is 0.318 e. The topological polar surface area (TPSA) is 62.4 Å². The predicted molar refractivity (Wildman–Crippen MR) is 85.7 cm³/mol. The van der Waals surface area contributed by atoms with Gasteiger partial charge in [-0.25, -0.2) is 4.79 Å². The fourth-order valence-corrected chi connectivity index (χ4v) is 2.66. The Labute approximate surface area is 126 Å². The normalized spacial score (nSPS) is 23.0. The molecule has 0 aliphatic heterocycles. The van der Waals surface area contributed by atoms with Crippen LogP contribution in [0.15, 0.2) is 24.3 Å². The molecule has 2 atom stereocenters. The molecule has 1 saturated carbocycles. The highest BCUT2D eigenvalue weighted by molar-refractivity contribution is 5.89. The standard InChI is InChI=1S/C16H25N3O2/c1-5-21-14-10-13(16(14,2)3)18-11-6-8-12(9-7-11)19-15(20)17-4/h6-9,13-14,18H,5,10H2,1-4H3,(H2,17,19,20). The number of hydrogen-bond donors (Lipinski definition) is 3. The molecule has 1 fully saturated rings. The van der Waals surface area contributed by atoms with Gasteiger partial charge in [-0.2, -0.15) is 0 Å². The summed E-state index contributed by atoms with van der Waals surface area (Å²) < 4.78 is 5.74. The summed E-state index contributed by atoms with van der Waals surface area (Å²) in [7, 11) is 1.60. The summed E-state index contributed by atoms with van der Waals surface area (Å²) in [5, 5.41) is 8.81. The number of benzene rings is 1. The first kappa shape index (κ1) is 15.6. The second kappa shape index (κ2) is 6.35. The summed E-state index contributed by atoms with van der Waals surface area (Å²) in [6.07, 6.45) is 1.35. The maximum atomic E-state index is 11.2. The molecule has 2 amide bonds. The minimum Gasteiger partial charge on any atom is -0.382 e. The van der Waals surface area contributed by atoms with Crippen LogP contribution in [0.25, 0.3) is 0 Å². The highest BCUT2D eigenvalue weighted by Gasteiger charge is 2.48. The van der Waals surface area contributed by atoms with E-state index in [0.717, 1.165) is 24.4 Å². The fraction of sp³-hybridized carbons (Fsp3) is 0.562.